The first-order chi connectivity index (χ1) is 6.27. The molecule has 4 nitrogen and oxygen atoms in total. The average molecular weight is 182 g/mol. The second-order valence-corrected chi connectivity index (χ2v) is 3.17. The van der Waals surface area contributed by atoms with Crippen LogP contribution in [0.5, 0.6) is 0 Å². The maximum atomic E-state index is 11.3. The van der Waals surface area contributed by atoms with Crippen LogP contribution < -0.4 is 0 Å². The molecule has 1 saturated heterocycles. The lowest BCUT2D eigenvalue weighted by molar-refractivity contribution is -0.133. The predicted octanol–water partition coefficient (Wildman–Crippen LogP) is 0.537. The van der Waals surface area contributed by atoms with Crippen molar-refractivity contribution in [2.24, 2.45) is 0 Å². The summed E-state index contributed by atoms with van der Waals surface area (Å²) in [6.45, 7) is 1.40. The number of hydrogen-bond donors (Lipinski definition) is 0. The number of hydrogen-bond acceptors (Lipinski definition) is 3. The summed E-state index contributed by atoms with van der Waals surface area (Å²) in [6.07, 6.45) is 2.11. The van der Waals surface area contributed by atoms with Crippen molar-refractivity contribution in [1.82, 2.24) is 4.90 Å². The van der Waals surface area contributed by atoms with E-state index in [1.807, 2.05) is 6.07 Å². The van der Waals surface area contributed by atoms with Crippen LogP contribution in [0.2, 0.25) is 0 Å². The lowest BCUT2D eigenvalue weighted by Gasteiger charge is -2.31. The van der Waals surface area contributed by atoms with Gasteiger partial charge >= 0.3 is 0 Å². The van der Waals surface area contributed by atoms with E-state index in [0.717, 1.165) is 19.4 Å². The van der Waals surface area contributed by atoms with E-state index in [9.17, 15) is 4.79 Å². The number of piperidine rings is 1. The molecule has 0 aromatic rings. The summed E-state index contributed by atoms with van der Waals surface area (Å²) in [5.41, 5.74) is 0. The van der Waals surface area contributed by atoms with Crippen molar-refractivity contribution in [2.45, 2.75) is 25.4 Å². The Morgan fingerprint density at radius 3 is 3.15 bits per heavy atom. The fourth-order valence-electron chi connectivity index (χ4n) is 1.54. The molecule has 0 aliphatic carbocycles. The molecule has 0 spiro atoms. The van der Waals surface area contributed by atoms with E-state index in [4.69, 9.17) is 10.00 Å². The summed E-state index contributed by atoms with van der Waals surface area (Å²) in [7, 11) is 1.66. The van der Waals surface area contributed by atoms with Crippen LogP contribution in [0.4, 0.5) is 0 Å². The van der Waals surface area contributed by atoms with Crippen LogP contribution >= 0.6 is 0 Å². The molecule has 1 aliphatic heterocycles. The number of nitrogens with zero attached hydrogens (tertiary/aromatic N) is 2. The zero-order chi connectivity index (χ0) is 9.68. The van der Waals surface area contributed by atoms with Crippen LogP contribution in [0.15, 0.2) is 0 Å². The van der Waals surface area contributed by atoms with Gasteiger partial charge in [-0.25, -0.2) is 0 Å². The fourth-order valence-corrected chi connectivity index (χ4v) is 1.54. The van der Waals surface area contributed by atoms with Gasteiger partial charge in [-0.2, -0.15) is 5.26 Å². The highest BCUT2D eigenvalue weighted by Gasteiger charge is 2.22. The van der Waals surface area contributed by atoms with Gasteiger partial charge in [-0.1, -0.05) is 0 Å². The topological polar surface area (TPSA) is 53.3 Å². The summed E-state index contributed by atoms with van der Waals surface area (Å²) >= 11 is 0. The van der Waals surface area contributed by atoms with Crippen molar-refractivity contribution in [2.75, 3.05) is 20.2 Å². The molecule has 1 aliphatic rings. The van der Waals surface area contributed by atoms with Crippen molar-refractivity contribution < 1.29 is 9.53 Å². The molecule has 1 heterocycles. The van der Waals surface area contributed by atoms with E-state index in [2.05, 4.69) is 0 Å². The molecule has 1 rings (SSSR count). The van der Waals surface area contributed by atoms with E-state index >= 15 is 0 Å². The molecular formula is C9H14N2O2. The third kappa shape index (κ3) is 2.71. The molecule has 0 aromatic heterocycles. The van der Waals surface area contributed by atoms with Crippen LogP contribution in [-0.4, -0.2) is 37.1 Å². The average Bonchev–Trinajstić information content (AvgIpc) is 2.18. The number of amides is 1. The number of rotatable bonds is 2. The smallest absolute Gasteiger partial charge is 0.236 e. The Morgan fingerprint density at radius 2 is 2.54 bits per heavy atom. The molecule has 0 N–H and O–H groups in total. The zero-order valence-corrected chi connectivity index (χ0v) is 7.82. The first-order valence-electron chi connectivity index (χ1n) is 4.45. The Labute approximate surface area is 78.1 Å². The van der Waals surface area contributed by atoms with Gasteiger partial charge in [0.05, 0.1) is 12.2 Å². The van der Waals surface area contributed by atoms with E-state index in [-0.39, 0.29) is 18.4 Å². The number of carbonyl (C=O) groups is 1. The summed E-state index contributed by atoms with van der Waals surface area (Å²) in [5.74, 6) is -0.0794. The number of ether oxygens (including phenoxy) is 1. The van der Waals surface area contributed by atoms with Crippen LogP contribution in [-0.2, 0) is 9.53 Å². The van der Waals surface area contributed by atoms with Crippen LogP contribution in [0.1, 0.15) is 19.3 Å². The largest absolute Gasteiger partial charge is 0.380 e. The highest BCUT2D eigenvalue weighted by atomic mass is 16.5. The molecule has 13 heavy (non-hydrogen) atoms. The second kappa shape index (κ2) is 4.83. The normalized spacial score (nSPS) is 22.5. The lowest BCUT2D eigenvalue weighted by Crippen LogP contribution is -2.42. The van der Waals surface area contributed by atoms with Crippen LogP contribution in [0, 0.1) is 11.3 Å². The number of likely N-dealkylation sites (tertiary alicyclic amines) is 1. The van der Waals surface area contributed by atoms with Gasteiger partial charge in [0.15, 0.2) is 0 Å². The van der Waals surface area contributed by atoms with E-state index in [0.29, 0.717) is 6.54 Å². The van der Waals surface area contributed by atoms with Gasteiger partial charge in [0, 0.05) is 20.2 Å². The minimum absolute atomic E-state index is 0.0174. The Bertz CT molecular complexity index is 222. The highest BCUT2D eigenvalue weighted by Crippen LogP contribution is 2.12. The van der Waals surface area contributed by atoms with Gasteiger partial charge in [-0.05, 0) is 12.8 Å². The summed E-state index contributed by atoms with van der Waals surface area (Å²) in [5, 5.41) is 8.36. The van der Waals surface area contributed by atoms with Crippen molar-refractivity contribution in [3.63, 3.8) is 0 Å². The molecule has 1 fully saturated rings. The van der Waals surface area contributed by atoms with Gasteiger partial charge in [0.1, 0.15) is 6.42 Å². The summed E-state index contributed by atoms with van der Waals surface area (Å²) < 4.78 is 5.17. The Balaban J connectivity index is 2.42. The van der Waals surface area contributed by atoms with Crippen molar-refractivity contribution in [3.05, 3.63) is 0 Å². The number of carbonyl (C=O) groups excluding carboxylic acids is 1. The second-order valence-electron chi connectivity index (χ2n) is 3.17. The van der Waals surface area contributed by atoms with Crippen LogP contribution in [0.3, 0.4) is 0 Å². The fraction of sp³-hybridized carbons (Fsp3) is 0.778. The van der Waals surface area contributed by atoms with Gasteiger partial charge in [0.2, 0.25) is 5.91 Å². The highest BCUT2D eigenvalue weighted by molar-refractivity contribution is 5.78. The molecule has 1 amide bonds. The van der Waals surface area contributed by atoms with Crippen molar-refractivity contribution in [1.29, 1.82) is 5.26 Å². The first-order valence-corrected chi connectivity index (χ1v) is 4.45. The predicted molar refractivity (Wildman–Crippen MR) is 46.8 cm³/mol. The summed E-state index contributed by atoms with van der Waals surface area (Å²) in [4.78, 5) is 13.0. The number of methoxy groups -OCH3 is 1. The molecule has 72 valence electrons. The van der Waals surface area contributed by atoms with Gasteiger partial charge in [-0.3, -0.25) is 4.79 Å². The Morgan fingerprint density at radius 1 is 1.77 bits per heavy atom. The lowest BCUT2D eigenvalue weighted by atomic mass is 10.1. The first kappa shape index (κ1) is 10.0. The maximum Gasteiger partial charge on any atom is 0.236 e. The zero-order valence-electron chi connectivity index (χ0n) is 7.82. The van der Waals surface area contributed by atoms with Gasteiger partial charge < -0.3 is 9.64 Å². The molecule has 4 heteroatoms. The monoisotopic (exact) mass is 182 g/mol. The van der Waals surface area contributed by atoms with Crippen molar-refractivity contribution >= 4 is 5.91 Å². The molecule has 0 unspecified atom stereocenters. The van der Waals surface area contributed by atoms with Crippen LogP contribution in [0.25, 0.3) is 0 Å². The maximum absolute atomic E-state index is 11.3. The third-order valence-corrected chi connectivity index (χ3v) is 2.29. The molecule has 0 radical (unpaired) electrons. The van der Waals surface area contributed by atoms with E-state index in [1.165, 1.54) is 0 Å². The Kier molecular flexibility index (Phi) is 3.71. The third-order valence-electron chi connectivity index (χ3n) is 2.29. The molecule has 0 aromatic carbocycles. The SMILES string of the molecule is CO[C@H]1CCCN(C(=O)CC#N)C1. The molecular weight excluding hydrogens is 168 g/mol. The van der Waals surface area contributed by atoms with Gasteiger partial charge in [0.25, 0.3) is 0 Å². The molecule has 1 atom stereocenters. The molecule has 0 saturated carbocycles. The van der Waals surface area contributed by atoms with Crippen molar-refractivity contribution in [3.8, 4) is 6.07 Å². The van der Waals surface area contributed by atoms with Gasteiger partial charge in [-0.15, -0.1) is 0 Å². The Hall–Kier alpha value is -1.08. The molecule has 0 bridgehead atoms. The minimum atomic E-state index is -0.0794. The standard InChI is InChI=1S/C9H14N2O2/c1-13-8-3-2-6-11(7-8)9(12)4-5-10/h8H,2-4,6-7H2,1H3/t8-/m0/s1. The number of nitriles is 1. The minimum Gasteiger partial charge on any atom is -0.380 e. The van der Waals surface area contributed by atoms with E-state index in [1.54, 1.807) is 12.0 Å². The summed E-state index contributed by atoms with van der Waals surface area (Å²) in [6, 6.07) is 1.87. The van der Waals surface area contributed by atoms with E-state index < -0.39 is 0 Å². The quantitative estimate of drug-likeness (QED) is 0.626.